The highest BCUT2D eigenvalue weighted by molar-refractivity contribution is 5.49. The average molecular weight is 154 g/mol. The Morgan fingerprint density at radius 2 is 2.18 bits per heavy atom. The van der Waals surface area contributed by atoms with E-state index in [0.29, 0.717) is 5.92 Å². The molecule has 0 fully saturated rings. The van der Waals surface area contributed by atoms with Crippen LogP contribution in [0.5, 0.6) is 0 Å². The molecule has 64 valence electrons. The first-order valence-corrected chi connectivity index (χ1v) is 4.36. The van der Waals surface area contributed by atoms with Crippen LogP contribution in [0, 0.1) is 5.92 Å². The summed E-state index contributed by atoms with van der Waals surface area (Å²) in [7, 11) is 0. The van der Waals surface area contributed by atoms with Crippen molar-refractivity contribution in [2.45, 2.75) is 39.5 Å². The van der Waals surface area contributed by atoms with Gasteiger partial charge in [-0.2, -0.15) is 0 Å². The topological polar surface area (TPSA) is 17.1 Å². The molecule has 0 aliphatic carbocycles. The second kappa shape index (κ2) is 7.52. The number of hydrogen-bond acceptors (Lipinski definition) is 1. The summed E-state index contributed by atoms with van der Waals surface area (Å²) in [6.45, 7) is 4.17. The summed E-state index contributed by atoms with van der Waals surface area (Å²) >= 11 is 0. The molecule has 0 aliphatic heterocycles. The van der Waals surface area contributed by atoms with Gasteiger partial charge in [-0.25, -0.2) is 0 Å². The van der Waals surface area contributed by atoms with E-state index in [9.17, 15) is 4.79 Å². The third-order valence-corrected chi connectivity index (χ3v) is 1.80. The van der Waals surface area contributed by atoms with Crippen LogP contribution in [0.1, 0.15) is 39.5 Å². The molecule has 1 nitrogen and oxygen atoms in total. The summed E-state index contributed by atoms with van der Waals surface area (Å²) in [5, 5.41) is 0. The molecule has 0 saturated carbocycles. The molecular weight excluding hydrogens is 136 g/mol. The lowest BCUT2D eigenvalue weighted by Crippen LogP contribution is -1.94. The number of carbonyl (C=O) groups excluding carboxylic acids is 1. The molecule has 0 aromatic rings. The summed E-state index contributed by atoms with van der Waals surface area (Å²) in [6.07, 6.45) is 9.51. The fraction of sp³-hybridized carbons (Fsp3) is 0.700. The van der Waals surface area contributed by atoms with E-state index < -0.39 is 0 Å². The molecule has 1 unspecified atom stereocenters. The van der Waals surface area contributed by atoms with E-state index in [4.69, 9.17) is 0 Å². The first-order chi connectivity index (χ1) is 5.31. The quantitative estimate of drug-likeness (QED) is 0.326. The molecular formula is C10H18O. The maximum atomic E-state index is 10.1. The van der Waals surface area contributed by atoms with E-state index in [-0.39, 0.29) is 0 Å². The molecule has 0 amide bonds. The Morgan fingerprint density at radius 1 is 1.45 bits per heavy atom. The van der Waals surface area contributed by atoms with E-state index in [1.807, 2.05) is 6.92 Å². The Labute approximate surface area is 69.5 Å². The number of carbonyl (C=O) groups is 1. The first kappa shape index (κ1) is 10.4. The minimum absolute atomic E-state index is 0.567. The lowest BCUT2D eigenvalue weighted by atomic mass is 10.0. The molecule has 0 radical (unpaired) electrons. The fourth-order valence-electron chi connectivity index (χ4n) is 1.03. The van der Waals surface area contributed by atoms with Gasteiger partial charge in [0, 0.05) is 6.42 Å². The molecule has 1 atom stereocenters. The zero-order valence-electron chi connectivity index (χ0n) is 7.55. The molecule has 0 bridgehead atoms. The van der Waals surface area contributed by atoms with Gasteiger partial charge in [-0.1, -0.05) is 25.5 Å². The molecule has 0 spiro atoms. The van der Waals surface area contributed by atoms with Gasteiger partial charge in [-0.3, -0.25) is 0 Å². The SMILES string of the molecule is CC=CCCCC(C)CC=O. The Hall–Kier alpha value is -0.590. The number of hydrogen-bond donors (Lipinski definition) is 0. The summed E-state index contributed by atoms with van der Waals surface area (Å²) in [6, 6.07) is 0. The lowest BCUT2D eigenvalue weighted by Gasteiger charge is -2.04. The maximum Gasteiger partial charge on any atom is 0.120 e. The second-order valence-corrected chi connectivity index (χ2v) is 3.01. The molecule has 0 aromatic carbocycles. The van der Waals surface area contributed by atoms with E-state index in [0.717, 1.165) is 19.1 Å². The molecule has 11 heavy (non-hydrogen) atoms. The minimum Gasteiger partial charge on any atom is -0.303 e. The van der Waals surface area contributed by atoms with Crippen molar-refractivity contribution in [1.29, 1.82) is 0 Å². The van der Waals surface area contributed by atoms with Crippen LogP contribution in [-0.4, -0.2) is 6.29 Å². The van der Waals surface area contributed by atoms with E-state index in [2.05, 4.69) is 19.1 Å². The zero-order chi connectivity index (χ0) is 8.53. The van der Waals surface area contributed by atoms with Crippen LogP contribution >= 0.6 is 0 Å². The highest BCUT2D eigenvalue weighted by atomic mass is 16.1. The van der Waals surface area contributed by atoms with Crippen LogP contribution in [0.2, 0.25) is 0 Å². The minimum atomic E-state index is 0.567. The smallest absolute Gasteiger partial charge is 0.120 e. The Bertz CT molecular complexity index is 116. The summed E-state index contributed by atoms with van der Waals surface area (Å²) < 4.78 is 0. The predicted octanol–water partition coefficient (Wildman–Crippen LogP) is 2.96. The van der Waals surface area contributed by atoms with Crippen molar-refractivity contribution in [3.63, 3.8) is 0 Å². The second-order valence-electron chi connectivity index (χ2n) is 3.01. The van der Waals surface area contributed by atoms with Gasteiger partial charge < -0.3 is 4.79 Å². The summed E-state index contributed by atoms with van der Waals surface area (Å²) in [5.41, 5.74) is 0. The third-order valence-electron chi connectivity index (χ3n) is 1.80. The van der Waals surface area contributed by atoms with E-state index in [1.165, 1.54) is 12.8 Å². The average Bonchev–Trinajstić information content (AvgIpc) is 1.99. The number of unbranched alkanes of at least 4 members (excludes halogenated alkanes) is 1. The van der Waals surface area contributed by atoms with Gasteiger partial charge in [0.05, 0.1) is 0 Å². The largest absolute Gasteiger partial charge is 0.303 e. The van der Waals surface area contributed by atoms with Gasteiger partial charge >= 0.3 is 0 Å². The van der Waals surface area contributed by atoms with Crippen molar-refractivity contribution in [3.05, 3.63) is 12.2 Å². The van der Waals surface area contributed by atoms with Crippen LogP contribution in [-0.2, 0) is 4.79 Å². The van der Waals surface area contributed by atoms with Crippen molar-refractivity contribution >= 4 is 6.29 Å². The lowest BCUT2D eigenvalue weighted by molar-refractivity contribution is -0.108. The Morgan fingerprint density at radius 3 is 2.73 bits per heavy atom. The maximum absolute atomic E-state index is 10.1. The van der Waals surface area contributed by atoms with Crippen molar-refractivity contribution in [2.75, 3.05) is 0 Å². The molecule has 0 rings (SSSR count). The fourth-order valence-corrected chi connectivity index (χ4v) is 1.03. The van der Waals surface area contributed by atoms with Crippen LogP contribution in [0.15, 0.2) is 12.2 Å². The van der Waals surface area contributed by atoms with Gasteiger partial charge in [0.25, 0.3) is 0 Å². The molecule has 0 saturated heterocycles. The number of aldehydes is 1. The normalized spacial score (nSPS) is 13.6. The van der Waals surface area contributed by atoms with Gasteiger partial charge in [-0.05, 0) is 25.7 Å². The van der Waals surface area contributed by atoms with Gasteiger partial charge in [0.15, 0.2) is 0 Å². The standard InChI is InChI=1S/C10H18O/c1-3-4-5-6-7-10(2)8-9-11/h3-4,9-10H,5-8H2,1-2H3. The zero-order valence-corrected chi connectivity index (χ0v) is 7.55. The van der Waals surface area contributed by atoms with E-state index >= 15 is 0 Å². The first-order valence-electron chi connectivity index (χ1n) is 4.36. The Kier molecular flexibility index (Phi) is 7.11. The predicted molar refractivity (Wildman–Crippen MR) is 48.5 cm³/mol. The number of rotatable bonds is 6. The van der Waals surface area contributed by atoms with Gasteiger partial charge in [0.1, 0.15) is 6.29 Å². The van der Waals surface area contributed by atoms with Crippen LogP contribution in [0.4, 0.5) is 0 Å². The van der Waals surface area contributed by atoms with E-state index in [1.54, 1.807) is 0 Å². The van der Waals surface area contributed by atoms with Crippen molar-refractivity contribution < 1.29 is 4.79 Å². The molecule has 0 N–H and O–H groups in total. The Balaban J connectivity index is 3.16. The van der Waals surface area contributed by atoms with Crippen LogP contribution in [0.25, 0.3) is 0 Å². The monoisotopic (exact) mass is 154 g/mol. The van der Waals surface area contributed by atoms with Crippen LogP contribution in [0.3, 0.4) is 0 Å². The van der Waals surface area contributed by atoms with Crippen LogP contribution < -0.4 is 0 Å². The molecule has 0 aliphatic rings. The third kappa shape index (κ3) is 7.31. The highest BCUT2D eigenvalue weighted by Gasteiger charge is 1.98. The summed E-state index contributed by atoms with van der Waals surface area (Å²) in [5.74, 6) is 0.567. The highest BCUT2D eigenvalue weighted by Crippen LogP contribution is 2.10. The van der Waals surface area contributed by atoms with Gasteiger partial charge in [0.2, 0.25) is 0 Å². The summed E-state index contributed by atoms with van der Waals surface area (Å²) in [4.78, 5) is 10.1. The molecule has 1 heteroatoms. The van der Waals surface area contributed by atoms with Crippen molar-refractivity contribution in [1.82, 2.24) is 0 Å². The van der Waals surface area contributed by atoms with Gasteiger partial charge in [-0.15, -0.1) is 0 Å². The van der Waals surface area contributed by atoms with Crippen molar-refractivity contribution in [2.24, 2.45) is 5.92 Å². The molecule has 0 heterocycles. The molecule has 0 aromatic heterocycles. The van der Waals surface area contributed by atoms with Crippen molar-refractivity contribution in [3.8, 4) is 0 Å². The number of allylic oxidation sites excluding steroid dienone is 2.